The Bertz CT molecular complexity index is 890. The van der Waals surface area contributed by atoms with Gasteiger partial charge in [0.2, 0.25) is 5.88 Å². The second-order valence-corrected chi connectivity index (χ2v) is 4.57. The summed E-state index contributed by atoms with van der Waals surface area (Å²) in [6.45, 7) is 0. The molecule has 7 nitrogen and oxygen atoms in total. The first-order valence-corrected chi connectivity index (χ1v) is 6.52. The van der Waals surface area contributed by atoms with Crippen LogP contribution in [0.2, 0.25) is 0 Å². The SMILES string of the molecule is COC(=O)c1ccc(Oc2cc(C(F)(F)F)nc3ncnn23)cc1. The predicted octanol–water partition coefficient (Wildman–Crippen LogP) is 2.72. The second kappa shape index (κ2) is 5.80. The van der Waals surface area contributed by atoms with Gasteiger partial charge in [-0.3, -0.25) is 0 Å². The number of esters is 1. The van der Waals surface area contributed by atoms with Crippen molar-refractivity contribution in [1.29, 1.82) is 0 Å². The molecule has 2 heterocycles. The first-order chi connectivity index (χ1) is 11.4. The van der Waals surface area contributed by atoms with Crippen molar-refractivity contribution in [3.63, 3.8) is 0 Å². The highest BCUT2D eigenvalue weighted by Crippen LogP contribution is 2.31. The van der Waals surface area contributed by atoms with E-state index in [4.69, 9.17) is 4.74 Å². The van der Waals surface area contributed by atoms with Crippen LogP contribution in [0.1, 0.15) is 16.1 Å². The summed E-state index contributed by atoms with van der Waals surface area (Å²) in [7, 11) is 1.24. The van der Waals surface area contributed by atoms with E-state index >= 15 is 0 Å². The van der Waals surface area contributed by atoms with Gasteiger partial charge in [0.25, 0.3) is 5.78 Å². The number of methoxy groups -OCH3 is 1. The molecule has 0 aliphatic rings. The maximum absolute atomic E-state index is 12.9. The fourth-order valence-corrected chi connectivity index (χ4v) is 1.90. The first-order valence-electron chi connectivity index (χ1n) is 6.52. The quantitative estimate of drug-likeness (QED) is 0.683. The summed E-state index contributed by atoms with van der Waals surface area (Å²) in [4.78, 5) is 18.4. The van der Waals surface area contributed by atoms with Crippen molar-refractivity contribution in [2.24, 2.45) is 0 Å². The maximum Gasteiger partial charge on any atom is 0.433 e. The van der Waals surface area contributed by atoms with Gasteiger partial charge in [-0.2, -0.15) is 27.8 Å². The van der Waals surface area contributed by atoms with Gasteiger partial charge in [-0.1, -0.05) is 0 Å². The summed E-state index contributed by atoms with van der Waals surface area (Å²) < 4.78 is 49.7. The number of ether oxygens (including phenoxy) is 2. The maximum atomic E-state index is 12.9. The molecule has 3 rings (SSSR count). The summed E-state index contributed by atoms with van der Waals surface area (Å²) in [6, 6.07) is 6.40. The number of hydrogen-bond acceptors (Lipinski definition) is 6. The van der Waals surface area contributed by atoms with E-state index in [1.54, 1.807) is 0 Å². The standard InChI is InChI=1S/C14H9F3N4O3/c1-23-12(22)8-2-4-9(5-3-8)24-11-6-10(14(15,16)17)20-13-18-7-19-21(11)13/h2-7H,1H3. The number of fused-ring (bicyclic) bond motifs is 1. The number of benzene rings is 1. The van der Waals surface area contributed by atoms with E-state index in [1.807, 2.05) is 0 Å². The highest BCUT2D eigenvalue weighted by atomic mass is 19.4. The number of carbonyl (C=O) groups excluding carboxylic acids is 1. The molecule has 0 spiro atoms. The Morgan fingerprint density at radius 3 is 2.54 bits per heavy atom. The van der Waals surface area contributed by atoms with Crippen molar-refractivity contribution in [2.45, 2.75) is 6.18 Å². The van der Waals surface area contributed by atoms with Crippen LogP contribution in [0.5, 0.6) is 11.6 Å². The molecule has 0 aliphatic heterocycles. The van der Waals surface area contributed by atoms with Gasteiger partial charge < -0.3 is 9.47 Å². The zero-order valence-electron chi connectivity index (χ0n) is 12.1. The van der Waals surface area contributed by atoms with Crippen LogP contribution in [0.25, 0.3) is 5.78 Å². The van der Waals surface area contributed by atoms with Crippen molar-refractivity contribution in [3.8, 4) is 11.6 Å². The molecule has 1 aromatic carbocycles. The molecule has 2 aromatic heterocycles. The van der Waals surface area contributed by atoms with Crippen molar-refractivity contribution < 1.29 is 27.4 Å². The lowest BCUT2D eigenvalue weighted by Crippen LogP contribution is -2.11. The van der Waals surface area contributed by atoms with E-state index in [-0.39, 0.29) is 23.0 Å². The summed E-state index contributed by atoms with van der Waals surface area (Å²) in [5, 5.41) is 3.77. The van der Waals surface area contributed by atoms with Crippen molar-refractivity contribution in [2.75, 3.05) is 7.11 Å². The van der Waals surface area contributed by atoms with Crippen molar-refractivity contribution >= 4 is 11.7 Å². The Balaban J connectivity index is 1.97. The molecule has 0 amide bonds. The number of aromatic nitrogens is 4. The van der Waals surface area contributed by atoms with E-state index < -0.39 is 17.8 Å². The van der Waals surface area contributed by atoms with Crippen LogP contribution in [0.3, 0.4) is 0 Å². The lowest BCUT2D eigenvalue weighted by atomic mass is 10.2. The Kier molecular flexibility index (Phi) is 3.80. The van der Waals surface area contributed by atoms with E-state index in [0.717, 1.165) is 16.9 Å². The van der Waals surface area contributed by atoms with Gasteiger partial charge in [0, 0.05) is 6.07 Å². The molecule has 0 saturated carbocycles. The average Bonchev–Trinajstić information content (AvgIpc) is 3.03. The molecule has 24 heavy (non-hydrogen) atoms. The van der Waals surface area contributed by atoms with Crippen LogP contribution in [-0.4, -0.2) is 32.7 Å². The predicted molar refractivity (Wildman–Crippen MR) is 73.6 cm³/mol. The first kappa shape index (κ1) is 15.7. The van der Waals surface area contributed by atoms with Crippen molar-refractivity contribution in [3.05, 3.63) is 47.9 Å². The van der Waals surface area contributed by atoms with Gasteiger partial charge in [-0.25, -0.2) is 9.78 Å². The molecule has 0 bridgehead atoms. The van der Waals surface area contributed by atoms with Crippen molar-refractivity contribution in [1.82, 2.24) is 19.6 Å². The molecule has 0 atom stereocenters. The topological polar surface area (TPSA) is 78.6 Å². The number of rotatable bonds is 3. The highest BCUT2D eigenvalue weighted by molar-refractivity contribution is 5.89. The Hall–Kier alpha value is -3.17. The molecule has 0 N–H and O–H groups in total. The van der Waals surface area contributed by atoms with E-state index in [0.29, 0.717) is 0 Å². The number of alkyl halides is 3. The average molecular weight is 338 g/mol. The minimum Gasteiger partial charge on any atom is -0.465 e. The fraction of sp³-hybridized carbons (Fsp3) is 0.143. The molecular formula is C14H9F3N4O3. The largest absolute Gasteiger partial charge is 0.465 e. The zero-order chi connectivity index (χ0) is 17.3. The monoisotopic (exact) mass is 338 g/mol. The van der Waals surface area contributed by atoms with Gasteiger partial charge in [-0.05, 0) is 24.3 Å². The Labute approximate surface area is 132 Å². The molecular weight excluding hydrogens is 329 g/mol. The van der Waals surface area contributed by atoms with Gasteiger partial charge in [0.15, 0.2) is 5.69 Å². The van der Waals surface area contributed by atoms with Crippen LogP contribution in [0.15, 0.2) is 36.7 Å². The van der Waals surface area contributed by atoms with Crippen LogP contribution < -0.4 is 4.74 Å². The van der Waals surface area contributed by atoms with Gasteiger partial charge >= 0.3 is 12.1 Å². The molecule has 0 unspecified atom stereocenters. The van der Waals surface area contributed by atoms with Crippen LogP contribution >= 0.6 is 0 Å². The lowest BCUT2D eigenvalue weighted by molar-refractivity contribution is -0.141. The zero-order valence-corrected chi connectivity index (χ0v) is 12.1. The van der Waals surface area contributed by atoms with Gasteiger partial charge in [0.1, 0.15) is 12.1 Å². The van der Waals surface area contributed by atoms with Crippen LogP contribution in [0, 0.1) is 0 Å². The highest BCUT2D eigenvalue weighted by Gasteiger charge is 2.34. The number of nitrogens with zero attached hydrogens (tertiary/aromatic N) is 4. The Morgan fingerprint density at radius 1 is 1.21 bits per heavy atom. The summed E-state index contributed by atoms with van der Waals surface area (Å²) in [5.41, 5.74) is -0.870. The third-order valence-corrected chi connectivity index (χ3v) is 3.01. The van der Waals surface area contributed by atoms with Gasteiger partial charge in [-0.15, -0.1) is 0 Å². The Morgan fingerprint density at radius 2 is 1.92 bits per heavy atom. The molecule has 10 heteroatoms. The summed E-state index contributed by atoms with van der Waals surface area (Å²) in [5.74, 6) is -0.788. The smallest absolute Gasteiger partial charge is 0.433 e. The third kappa shape index (κ3) is 2.98. The molecule has 0 saturated heterocycles. The third-order valence-electron chi connectivity index (χ3n) is 3.01. The van der Waals surface area contributed by atoms with Gasteiger partial charge in [0.05, 0.1) is 12.7 Å². The minimum absolute atomic E-state index is 0.207. The summed E-state index contributed by atoms with van der Waals surface area (Å²) in [6.07, 6.45) is -3.59. The van der Waals surface area contributed by atoms with Crippen LogP contribution in [0.4, 0.5) is 13.2 Å². The minimum atomic E-state index is -4.65. The van der Waals surface area contributed by atoms with E-state index in [2.05, 4.69) is 19.8 Å². The number of carbonyl (C=O) groups is 1. The molecule has 0 fully saturated rings. The summed E-state index contributed by atoms with van der Waals surface area (Å²) >= 11 is 0. The number of hydrogen-bond donors (Lipinski definition) is 0. The van der Waals surface area contributed by atoms with Crippen LogP contribution in [-0.2, 0) is 10.9 Å². The lowest BCUT2D eigenvalue weighted by Gasteiger charge is -2.10. The van der Waals surface area contributed by atoms with E-state index in [1.165, 1.54) is 31.4 Å². The number of halogens is 3. The van der Waals surface area contributed by atoms with E-state index in [9.17, 15) is 18.0 Å². The molecule has 3 aromatic rings. The normalized spacial score (nSPS) is 11.5. The molecule has 0 aliphatic carbocycles. The molecule has 124 valence electrons. The second-order valence-electron chi connectivity index (χ2n) is 4.57. The fourth-order valence-electron chi connectivity index (χ4n) is 1.90. The molecule has 0 radical (unpaired) electrons.